The molecule has 0 bridgehead atoms. The van der Waals surface area contributed by atoms with E-state index >= 15 is 0 Å². The summed E-state index contributed by atoms with van der Waals surface area (Å²) < 4.78 is 5.34. The Morgan fingerprint density at radius 2 is 1.71 bits per heavy atom. The van der Waals surface area contributed by atoms with E-state index in [0.29, 0.717) is 0 Å². The largest absolute Gasteiger partial charge is 0.497 e. The lowest BCUT2D eigenvalue weighted by Gasteiger charge is -2.31. The molecule has 4 aromatic rings. The van der Waals surface area contributed by atoms with Crippen LogP contribution in [0.5, 0.6) is 5.75 Å². The normalized spacial score (nSPS) is 14.7. The van der Waals surface area contributed by atoms with Crippen molar-refractivity contribution in [3.05, 3.63) is 90.6 Å². The zero-order valence-corrected chi connectivity index (χ0v) is 19.4. The van der Waals surface area contributed by atoms with Gasteiger partial charge in [-0.15, -0.1) is 0 Å². The second-order valence-corrected chi connectivity index (χ2v) is 8.84. The van der Waals surface area contributed by atoms with Gasteiger partial charge in [0.15, 0.2) is 0 Å². The van der Waals surface area contributed by atoms with Crippen LogP contribution in [0.1, 0.15) is 18.4 Å². The molecule has 2 heterocycles. The summed E-state index contributed by atoms with van der Waals surface area (Å²) in [7, 11) is 1.67. The second kappa shape index (κ2) is 10.1. The average molecular weight is 452 g/mol. The molecule has 0 aliphatic carbocycles. The topological polar surface area (TPSA) is 54.5 Å². The van der Waals surface area contributed by atoms with Crippen LogP contribution in [0.15, 0.2) is 85.1 Å². The van der Waals surface area contributed by atoms with Crippen LogP contribution in [0, 0.1) is 5.92 Å². The molecule has 5 nitrogen and oxygen atoms in total. The van der Waals surface area contributed by atoms with Gasteiger partial charge in [0.05, 0.1) is 12.6 Å². The van der Waals surface area contributed by atoms with Crippen LogP contribution in [0.3, 0.4) is 0 Å². The van der Waals surface area contributed by atoms with Crippen LogP contribution in [-0.2, 0) is 11.3 Å². The summed E-state index contributed by atoms with van der Waals surface area (Å²) in [6.45, 7) is 2.68. The highest BCUT2D eigenvalue weighted by molar-refractivity contribution is 5.93. The quantitative estimate of drug-likeness (QED) is 0.405. The predicted octanol–water partition coefficient (Wildman–Crippen LogP) is 5.76. The van der Waals surface area contributed by atoms with E-state index in [-0.39, 0.29) is 11.8 Å². The molecule has 0 unspecified atom stereocenters. The number of fused-ring (bicyclic) bond motifs is 1. The summed E-state index contributed by atoms with van der Waals surface area (Å²) >= 11 is 0. The molecule has 34 heavy (non-hydrogen) atoms. The van der Waals surface area contributed by atoms with E-state index in [2.05, 4.69) is 39.5 Å². The van der Waals surface area contributed by atoms with E-state index < -0.39 is 0 Å². The fraction of sp³-hybridized carbons (Fsp3) is 0.241. The van der Waals surface area contributed by atoms with Crippen LogP contribution in [-0.4, -0.2) is 36.0 Å². The number of ether oxygens (including phenoxy) is 1. The summed E-state index contributed by atoms with van der Waals surface area (Å²) in [6.07, 6.45) is 3.57. The number of aromatic nitrogens is 1. The van der Waals surface area contributed by atoms with E-state index in [0.717, 1.165) is 60.6 Å². The van der Waals surface area contributed by atoms with Crippen LogP contribution in [0.25, 0.3) is 22.0 Å². The molecule has 0 saturated carbocycles. The molecule has 0 radical (unpaired) electrons. The summed E-state index contributed by atoms with van der Waals surface area (Å²) in [5, 5.41) is 4.31. The number of hydrogen-bond donors (Lipinski definition) is 1. The smallest absolute Gasteiger partial charge is 0.227 e. The minimum Gasteiger partial charge on any atom is -0.497 e. The SMILES string of the molecule is COc1cccc(-c2cccc(NC(=O)C3CCN(Cc4cccc5cccnc45)CC3)c2)c1. The lowest BCUT2D eigenvalue weighted by atomic mass is 9.95. The van der Waals surface area contributed by atoms with Crippen molar-refractivity contribution in [1.29, 1.82) is 0 Å². The molecule has 1 aromatic heterocycles. The summed E-state index contributed by atoms with van der Waals surface area (Å²) in [5.74, 6) is 0.953. The fourth-order valence-corrected chi connectivity index (χ4v) is 4.71. The number of carbonyl (C=O) groups is 1. The van der Waals surface area contributed by atoms with E-state index in [1.165, 1.54) is 10.9 Å². The number of benzene rings is 3. The van der Waals surface area contributed by atoms with Gasteiger partial charge in [0.25, 0.3) is 0 Å². The van der Waals surface area contributed by atoms with Gasteiger partial charge in [-0.3, -0.25) is 14.7 Å². The first-order chi connectivity index (χ1) is 16.7. The molecule has 3 aromatic carbocycles. The highest BCUT2D eigenvalue weighted by atomic mass is 16.5. The zero-order valence-electron chi connectivity index (χ0n) is 19.4. The van der Waals surface area contributed by atoms with Crippen molar-refractivity contribution < 1.29 is 9.53 Å². The Kier molecular flexibility index (Phi) is 6.54. The number of para-hydroxylation sites is 1. The number of piperidine rings is 1. The third kappa shape index (κ3) is 4.95. The summed E-state index contributed by atoms with van der Waals surface area (Å²) in [5.41, 5.74) is 5.26. The first-order valence-electron chi connectivity index (χ1n) is 11.8. The molecule has 0 atom stereocenters. The number of nitrogens with one attached hydrogen (secondary N) is 1. The molecule has 1 saturated heterocycles. The van der Waals surface area contributed by atoms with Crippen molar-refractivity contribution >= 4 is 22.5 Å². The standard InChI is InChI=1S/C29H29N3O2/c1-34-27-12-4-8-24(19-27)23-7-3-11-26(18-23)31-29(33)22-13-16-32(17-14-22)20-25-9-2-6-21-10-5-15-30-28(21)25/h2-12,15,18-19,22H,13-14,16-17,20H2,1H3,(H,31,33). The third-order valence-electron chi connectivity index (χ3n) is 6.60. The number of rotatable bonds is 6. The van der Waals surface area contributed by atoms with E-state index in [4.69, 9.17) is 4.74 Å². The van der Waals surface area contributed by atoms with Crippen molar-refractivity contribution in [1.82, 2.24) is 9.88 Å². The number of carbonyl (C=O) groups excluding carboxylic acids is 1. The predicted molar refractivity (Wildman–Crippen MR) is 137 cm³/mol. The number of likely N-dealkylation sites (tertiary alicyclic amines) is 1. The van der Waals surface area contributed by atoms with Crippen molar-refractivity contribution in [3.8, 4) is 16.9 Å². The van der Waals surface area contributed by atoms with Gasteiger partial charge in [-0.25, -0.2) is 0 Å². The lowest BCUT2D eigenvalue weighted by Crippen LogP contribution is -2.37. The van der Waals surface area contributed by atoms with Crippen molar-refractivity contribution in [2.24, 2.45) is 5.92 Å². The Morgan fingerprint density at radius 3 is 2.53 bits per heavy atom. The van der Waals surface area contributed by atoms with Crippen LogP contribution >= 0.6 is 0 Å². The van der Waals surface area contributed by atoms with Crippen LogP contribution in [0.4, 0.5) is 5.69 Å². The molecule has 1 N–H and O–H groups in total. The van der Waals surface area contributed by atoms with Crippen LogP contribution in [0.2, 0.25) is 0 Å². The third-order valence-corrected chi connectivity index (χ3v) is 6.60. The van der Waals surface area contributed by atoms with Crippen molar-refractivity contribution in [2.75, 3.05) is 25.5 Å². The molecule has 0 spiro atoms. The average Bonchev–Trinajstić information content (AvgIpc) is 2.89. The Hall–Kier alpha value is -3.70. The lowest BCUT2D eigenvalue weighted by molar-refractivity contribution is -0.121. The minimum atomic E-state index is 0.0300. The van der Waals surface area contributed by atoms with Gasteiger partial charge in [0.1, 0.15) is 5.75 Å². The molecular formula is C29H29N3O2. The van der Waals surface area contributed by atoms with Gasteiger partial charge in [-0.05, 0) is 73.0 Å². The molecule has 1 aliphatic rings. The van der Waals surface area contributed by atoms with E-state index in [9.17, 15) is 4.79 Å². The molecule has 172 valence electrons. The maximum atomic E-state index is 13.0. The molecule has 5 rings (SSSR count). The maximum Gasteiger partial charge on any atom is 0.227 e. The van der Waals surface area contributed by atoms with Crippen molar-refractivity contribution in [2.45, 2.75) is 19.4 Å². The molecular weight excluding hydrogens is 422 g/mol. The first-order valence-corrected chi connectivity index (χ1v) is 11.8. The van der Waals surface area contributed by atoms with Gasteiger partial charge >= 0.3 is 0 Å². The first kappa shape index (κ1) is 22.1. The molecule has 1 aliphatic heterocycles. The number of hydrogen-bond acceptors (Lipinski definition) is 4. The Labute approximate surface area is 200 Å². The minimum absolute atomic E-state index is 0.0300. The number of pyridine rings is 1. The number of methoxy groups -OCH3 is 1. The van der Waals surface area contributed by atoms with Crippen LogP contribution < -0.4 is 10.1 Å². The van der Waals surface area contributed by atoms with E-state index in [1.807, 2.05) is 60.8 Å². The van der Waals surface area contributed by atoms with Crippen molar-refractivity contribution in [3.63, 3.8) is 0 Å². The summed E-state index contributed by atoms with van der Waals surface area (Å²) in [4.78, 5) is 20.0. The Bertz CT molecular complexity index is 1290. The van der Waals surface area contributed by atoms with Gasteiger partial charge < -0.3 is 10.1 Å². The highest BCUT2D eigenvalue weighted by Crippen LogP contribution is 2.27. The highest BCUT2D eigenvalue weighted by Gasteiger charge is 2.25. The van der Waals surface area contributed by atoms with Gasteiger partial charge in [0, 0.05) is 29.7 Å². The Morgan fingerprint density at radius 1 is 0.971 bits per heavy atom. The maximum absolute atomic E-state index is 13.0. The molecule has 1 fully saturated rings. The fourth-order valence-electron chi connectivity index (χ4n) is 4.71. The van der Waals surface area contributed by atoms with E-state index in [1.54, 1.807) is 7.11 Å². The number of anilines is 1. The number of nitrogens with zero attached hydrogens (tertiary/aromatic N) is 2. The van der Waals surface area contributed by atoms with Gasteiger partial charge in [-0.1, -0.05) is 48.5 Å². The molecule has 1 amide bonds. The molecule has 5 heteroatoms. The zero-order chi connectivity index (χ0) is 23.3. The monoisotopic (exact) mass is 451 g/mol. The van der Waals surface area contributed by atoms with Gasteiger partial charge in [0.2, 0.25) is 5.91 Å². The number of amides is 1. The van der Waals surface area contributed by atoms with Gasteiger partial charge in [-0.2, -0.15) is 0 Å². The second-order valence-electron chi connectivity index (χ2n) is 8.84. The Balaban J connectivity index is 1.19. The summed E-state index contributed by atoms with van der Waals surface area (Å²) in [6, 6.07) is 26.4.